The van der Waals surface area contributed by atoms with Crippen LogP contribution in [0.1, 0.15) is 0 Å². The van der Waals surface area contributed by atoms with Crippen LogP contribution in [0.5, 0.6) is 0 Å². The fourth-order valence-corrected chi connectivity index (χ4v) is 2.17. The summed E-state index contributed by atoms with van der Waals surface area (Å²) >= 11 is 0. The van der Waals surface area contributed by atoms with E-state index in [-0.39, 0.29) is 0 Å². The largest absolute Gasteiger partial charge is 0.378 e. The molecule has 0 amide bonds. The predicted molar refractivity (Wildman–Crippen MR) is 81.5 cm³/mol. The number of aromatic nitrogens is 1. The van der Waals surface area contributed by atoms with Crippen molar-refractivity contribution in [2.24, 2.45) is 0 Å². The maximum absolute atomic E-state index is 4.73. The SMILES string of the molecule is CN(C)c1cccc(-c2ccc3ccccc3n2)c1. The van der Waals surface area contributed by atoms with Crippen LogP contribution in [0.25, 0.3) is 22.2 Å². The minimum absolute atomic E-state index is 1.02. The third kappa shape index (κ3) is 2.29. The standard InChI is InChI=1S/C17H16N2/c1-19(2)15-8-5-7-14(12-15)17-11-10-13-6-3-4-9-16(13)18-17/h3-12H,1-2H3. The quantitative estimate of drug-likeness (QED) is 0.682. The Bertz CT molecular complexity index is 717. The van der Waals surface area contributed by atoms with Crippen LogP contribution in [-0.2, 0) is 0 Å². The molecule has 1 heterocycles. The molecule has 3 aromatic rings. The van der Waals surface area contributed by atoms with E-state index in [4.69, 9.17) is 4.98 Å². The van der Waals surface area contributed by atoms with Crippen molar-refractivity contribution >= 4 is 16.6 Å². The lowest BCUT2D eigenvalue weighted by atomic mass is 10.1. The zero-order chi connectivity index (χ0) is 13.2. The smallest absolute Gasteiger partial charge is 0.0710 e. The molecule has 0 spiro atoms. The van der Waals surface area contributed by atoms with Crippen LogP contribution >= 0.6 is 0 Å². The van der Waals surface area contributed by atoms with Crippen LogP contribution in [-0.4, -0.2) is 19.1 Å². The first-order chi connectivity index (χ1) is 9.24. The number of hydrogen-bond donors (Lipinski definition) is 0. The van der Waals surface area contributed by atoms with Crippen molar-refractivity contribution in [3.8, 4) is 11.3 Å². The molecule has 0 saturated heterocycles. The molecule has 2 aromatic carbocycles. The fraction of sp³-hybridized carbons (Fsp3) is 0.118. The summed E-state index contributed by atoms with van der Waals surface area (Å²) in [6.45, 7) is 0. The van der Waals surface area contributed by atoms with E-state index in [1.54, 1.807) is 0 Å². The van der Waals surface area contributed by atoms with Gasteiger partial charge in [-0.2, -0.15) is 0 Å². The molecular weight excluding hydrogens is 232 g/mol. The molecule has 2 heteroatoms. The van der Waals surface area contributed by atoms with Crippen molar-refractivity contribution in [3.05, 3.63) is 60.7 Å². The van der Waals surface area contributed by atoms with E-state index in [0.29, 0.717) is 0 Å². The van der Waals surface area contributed by atoms with Crippen LogP contribution in [0.3, 0.4) is 0 Å². The molecule has 0 aliphatic carbocycles. The third-order valence-electron chi connectivity index (χ3n) is 3.26. The molecule has 0 saturated carbocycles. The van der Waals surface area contributed by atoms with E-state index in [2.05, 4.69) is 53.4 Å². The van der Waals surface area contributed by atoms with E-state index in [1.807, 2.05) is 26.2 Å². The van der Waals surface area contributed by atoms with Crippen LogP contribution in [0.4, 0.5) is 5.69 Å². The average Bonchev–Trinajstić information content (AvgIpc) is 2.47. The van der Waals surface area contributed by atoms with Gasteiger partial charge in [0.2, 0.25) is 0 Å². The lowest BCUT2D eigenvalue weighted by Gasteiger charge is -2.13. The summed E-state index contributed by atoms with van der Waals surface area (Å²) in [5, 5.41) is 1.18. The van der Waals surface area contributed by atoms with Gasteiger partial charge >= 0.3 is 0 Å². The lowest BCUT2D eigenvalue weighted by Crippen LogP contribution is -2.08. The second-order valence-corrected chi connectivity index (χ2v) is 4.83. The third-order valence-corrected chi connectivity index (χ3v) is 3.26. The summed E-state index contributed by atoms with van der Waals surface area (Å²) in [7, 11) is 4.10. The molecule has 94 valence electrons. The first kappa shape index (κ1) is 11.7. The molecule has 0 aliphatic heterocycles. The fourth-order valence-electron chi connectivity index (χ4n) is 2.17. The summed E-state index contributed by atoms with van der Waals surface area (Å²) < 4.78 is 0. The highest BCUT2D eigenvalue weighted by Gasteiger charge is 2.03. The summed E-state index contributed by atoms with van der Waals surface area (Å²) in [4.78, 5) is 6.83. The number of pyridine rings is 1. The highest BCUT2D eigenvalue weighted by molar-refractivity contribution is 5.81. The van der Waals surface area contributed by atoms with Gasteiger partial charge in [-0.25, -0.2) is 4.98 Å². The molecule has 3 rings (SSSR count). The summed E-state index contributed by atoms with van der Waals surface area (Å²) in [5.74, 6) is 0. The number of fused-ring (bicyclic) bond motifs is 1. The number of benzene rings is 2. The Kier molecular flexibility index (Phi) is 2.92. The van der Waals surface area contributed by atoms with Gasteiger partial charge in [0.15, 0.2) is 0 Å². The monoisotopic (exact) mass is 248 g/mol. The highest BCUT2D eigenvalue weighted by Crippen LogP contribution is 2.24. The number of hydrogen-bond acceptors (Lipinski definition) is 2. The second kappa shape index (κ2) is 4.73. The zero-order valence-electron chi connectivity index (χ0n) is 11.2. The molecule has 0 radical (unpaired) electrons. The van der Waals surface area contributed by atoms with Crippen molar-refractivity contribution < 1.29 is 0 Å². The van der Waals surface area contributed by atoms with Crippen molar-refractivity contribution in [1.82, 2.24) is 4.98 Å². The van der Waals surface area contributed by atoms with Gasteiger partial charge in [-0.1, -0.05) is 36.4 Å². The zero-order valence-corrected chi connectivity index (χ0v) is 11.2. The molecular formula is C17H16N2. The van der Waals surface area contributed by atoms with Crippen LogP contribution in [0.15, 0.2) is 60.7 Å². The van der Waals surface area contributed by atoms with Crippen LogP contribution < -0.4 is 4.90 Å². The molecule has 0 fully saturated rings. The number of para-hydroxylation sites is 1. The van der Waals surface area contributed by atoms with Crippen molar-refractivity contribution in [3.63, 3.8) is 0 Å². The molecule has 0 aliphatic rings. The van der Waals surface area contributed by atoms with Gasteiger partial charge in [0, 0.05) is 30.7 Å². The molecule has 0 unspecified atom stereocenters. The van der Waals surface area contributed by atoms with Gasteiger partial charge in [-0.15, -0.1) is 0 Å². The first-order valence-corrected chi connectivity index (χ1v) is 6.37. The number of nitrogens with zero attached hydrogens (tertiary/aromatic N) is 2. The highest BCUT2D eigenvalue weighted by atomic mass is 15.1. The normalized spacial score (nSPS) is 10.6. The molecule has 0 atom stereocenters. The Morgan fingerprint density at radius 1 is 0.842 bits per heavy atom. The minimum Gasteiger partial charge on any atom is -0.378 e. The van der Waals surface area contributed by atoms with E-state index in [0.717, 1.165) is 16.8 Å². The average molecular weight is 248 g/mol. The van der Waals surface area contributed by atoms with Gasteiger partial charge < -0.3 is 4.90 Å². The maximum atomic E-state index is 4.73. The van der Waals surface area contributed by atoms with Crippen molar-refractivity contribution in [2.75, 3.05) is 19.0 Å². The lowest BCUT2D eigenvalue weighted by molar-refractivity contribution is 1.13. The van der Waals surface area contributed by atoms with Gasteiger partial charge in [0.05, 0.1) is 11.2 Å². The van der Waals surface area contributed by atoms with Crippen molar-refractivity contribution in [2.45, 2.75) is 0 Å². The van der Waals surface area contributed by atoms with Gasteiger partial charge in [-0.3, -0.25) is 0 Å². The number of anilines is 1. The topological polar surface area (TPSA) is 16.1 Å². The van der Waals surface area contributed by atoms with E-state index in [1.165, 1.54) is 11.1 Å². The maximum Gasteiger partial charge on any atom is 0.0710 e. The van der Waals surface area contributed by atoms with Gasteiger partial charge in [0.25, 0.3) is 0 Å². The Morgan fingerprint density at radius 3 is 2.53 bits per heavy atom. The van der Waals surface area contributed by atoms with E-state index >= 15 is 0 Å². The van der Waals surface area contributed by atoms with Crippen molar-refractivity contribution in [1.29, 1.82) is 0 Å². The minimum atomic E-state index is 1.02. The molecule has 2 nitrogen and oxygen atoms in total. The van der Waals surface area contributed by atoms with Gasteiger partial charge in [0.1, 0.15) is 0 Å². The van der Waals surface area contributed by atoms with Gasteiger partial charge in [-0.05, 0) is 24.3 Å². The molecule has 19 heavy (non-hydrogen) atoms. The Labute approximate surface area is 113 Å². The molecule has 0 N–H and O–H groups in total. The summed E-state index contributed by atoms with van der Waals surface area (Å²) in [5.41, 5.74) is 4.39. The predicted octanol–water partition coefficient (Wildman–Crippen LogP) is 3.97. The number of rotatable bonds is 2. The van der Waals surface area contributed by atoms with E-state index in [9.17, 15) is 0 Å². The van der Waals surface area contributed by atoms with E-state index < -0.39 is 0 Å². The Hall–Kier alpha value is -2.35. The van der Waals surface area contributed by atoms with Crippen LogP contribution in [0.2, 0.25) is 0 Å². The molecule has 1 aromatic heterocycles. The first-order valence-electron chi connectivity index (χ1n) is 6.37. The Morgan fingerprint density at radius 2 is 1.68 bits per heavy atom. The molecule has 0 bridgehead atoms. The summed E-state index contributed by atoms with van der Waals surface area (Å²) in [6, 6.07) is 20.8. The summed E-state index contributed by atoms with van der Waals surface area (Å²) in [6.07, 6.45) is 0. The van der Waals surface area contributed by atoms with Crippen LogP contribution in [0, 0.1) is 0 Å². The second-order valence-electron chi connectivity index (χ2n) is 4.83. The Balaban J connectivity index is 2.11.